The maximum absolute atomic E-state index is 14.7. The molecule has 2 aliphatic heterocycles. The van der Waals surface area contributed by atoms with E-state index in [9.17, 15) is 18.4 Å². The largest absolute Gasteiger partial charge is 0.342 e. The van der Waals surface area contributed by atoms with E-state index in [0.29, 0.717) is 30.8 Å². The molecule has 1 fully saturated rings. The molecule has 1 atom stereocenters. The maximum Gasteiger partial charge on any atom is 0.229 e. The zero-order valence-corrected chi connectivity index (χ0v) is 20.1. The Balaban J connectivity index is 1.26. The number of rotatable bonds is 5. The molecule has 0 aliphatic carbocycles. The number of benzene rings is 2. The molecule has 1 aromatic heterocycles. The average molecular weight is 494 g/mol. The van der Waals surface area contributed by atoms with E-state index in [0.717, 1.165) is 43.6 Å². The predicted molar refractivity (Wildman–Crippen MR) is 131 cm³/mol. The molecular weight excluding hydrogens is 464 g/mol. The molecule has 0 bridgehead atoms. The van der Waals surface area contributed by atoms with Gasteiger partial charge < -0.3 is 14.8 Å². The van der Waals surface area contributed by atoms with Gasteiger partial charge in [0.15, 0.2) is 5.82 Å². The summed E-state index contributed by atoms with van der Waals surface area (Å²) in [5, 5.41) is 11.4. The van der Waals surface area contributed by atoms with Gasteiger partial charge in [-0.05, 0) is 61.6 Å². The summed E-state index contributed by atoms with van der Waals surface area (Å²) in [5.41, 5.74) is 1.52. The molecule has 3 heterocycles. The van der Waals surface area contributed by atoms with Crippen LogP contribution < -0.4 is 5.32 Å². The number of anilines is 1. The summed E-state index contributed by atoms with van der Waals surface area (Å²) >= 11 is 0. The van der Waals surface area contributed by atoms with Crippen LogP contribution in [0, 0.1) is 17.6 Å². The van der Waals surface area contributed by atoms with Gasteiger partial charge in [0.2, 0.25) is 11.8 Å². The van der Waals surface area contributed by atoms with Gasteiger partial charge in [-0.2, -0.15) is 0 Å². The lowest BCUT2D eigenvalue weighted by molar-refractivity contribution is -0.133. The van der Waals surface area contributed by atoms with Crippen molar-refractivity contribution in [3.63, 3.8) is 0 Å². The number of nitrogens with zero attached hydrogens (tertiary/aromatic N) is 4. The van der Waals surface area contributed by atoms with E-state index in [1.54, 1.807) is 29.2 Å². The van der Waals surface area contributed by atoms with E-state index in [1.165, 1.54) is 18.2 Å². The Morgan fingerprint density at radius 3 is 2.64 bits per heavy atom. The summed E-state index contributed by atoms with van der Waals surface area (Å²) in [4.78, 5) is 27.5. The van der Waals surface area contributed by atoms with Crippen LogP contribution >= 0.6 is 0 Å². The molecular formula is C27H29F2N5O2. The van der Waals surface area contributed by atoms with Gasteiger partial charge >= 0.3 is 0 Å². The highest BCUT2D eigenvalue weighted by molar-refractivity contribution is 5.94. The van der Waals surface area contributed by atoms with Crippen LogP contribution in [-0.2, 0) is 29.0 Å². The van der Waals surface area contributed by atoms with Crippen LogP contribution in [0.2, 0.25) is 0 Å². The first-order valence-electron chi connectivity index (χ1n) is 12.5. The number of hydrogen-bond donors (Lipinski definition) is 1. The zero-order valence-electron chi connectivity index (χ0n) is 20.1. The summed E-state index contributed by atoms with van der Waals surface area (Å²) in [6.07, 6.45) is 5.57. The van der Waals surface area contributed by atoms with Crippen molar-refractivity contribution < 1.29 is 18.4 Å². The highest BCUT2D eigenvalue weighted by Gasteiger charge is 2.29. The lowest BCUT2D eigenvalue weighted by Crippen LogP contribution is -2.44. The molecule has 2 aliphatic rings. The topological polar surface area (TPSA) is 80.1 Å². The van der Waals surface area contributed by atoms with Crippen LogP contribution in [0.4, 0.5) is 14.5 Å². The molecule has 1 N–H and O–H groups in total. The van der Waals surface area contributed by atoms with Gasteiger partial charge in [0.1, 0.15) is 17.5 Å². The first kappa shape index (κ1) is 24.1. The number of amides is 2. The molecule has 1 unspecified atom stereocenters. The smallest absolute Gasteiger partial charge is 0.229 e. The summed E-state index contributed by atoms with van der Waals surface area (Å²) in [6.45, 7) is 1.65. The number of aromatic nitrogens is 3. The molecule has 0 saturated carbocycles. The molecule has 36 heavy (non-hydrogen) atoms. The highest BCUT2D eigenvalue weighted by atomic mass is 19.1. The Bertz CT molecular complexity index is 1260. The van der Waals surface area contributed by atoms with Gasteiger partial charge in [0, 0.05) is 31.6 Å². The molecule has 0 radical (unpaired) electrons. The van der Waals surface area contributed by atoms with Crippen molar-refractivity contribution in [3.05, 3.63) is 65.5 Å². The molecule has 0 spiro atoms. The lowest BCUT2D eigenvalue weighted by Gasteiger charge is -2.32. The molecule has 5 rings (SSSR count). The summed E-state index contributed by atoms with van der Waals surface area (Å²) in [5.74, 6) is -0.129. The number of carbonyl (C=O) groups excluding carboxylic acids is 2. The van der Waals surface area contributed by atoms with Gasteiger partial charge in [-0.3, -0.25) is 9.59 Å². The van der Waals surface area contributed by atoms with E-state index in [2.05, 4.69) is 20.1 Å². The van der Waals surface area contributed by atoms with Crippen molar-refractivity contribution in [2.24, 2.45) is 5.92 Å². The van der Waals surface area contributed by atoms with Crippen LogP contribution in [0.1, 0.15) is 43.5 Å². The fourth-order valence-electron chi connectivity index (χ4n) is 5.00. The van der Waals surface area contributed by atoms with E-state index in [4.69, 9.17) is 0 Å². The van der Waals surface area contributed by atoms with Gasteiger partial charge in [-0.25, -0.2) is 8.78 Å². The number of carbonyl (C=O) groups is 2. The van der Waals surface area contributed by atoms with Gasteiger partial charge in [0.05, 0.1) is 18.0 Å². The molecule has 1 saturated heterocycles. The number of nitrogens with one attached hydrogen (secondary N) is 1. The fraction of sp³-hybridized carbons (Fsp3) is 0.407. The van der Waals surface area contributed by atoms with Crippen molar-refractivity contribution >= 4 is 17.5 Å². The monoisotopic (exact) mass is 493 g/mol. The summed E-state index contributed by atoms with van der Waals surface area (Å²) in [7, 11) is 0. The second-order valence-corrected chi connectivity index (χ2v) is 9.57. The minimum atomic E-state index is -0.525. The maximum atomic E-state index is 14.7. The Morgan fingerprint density at radius 2 is 1.81 bits per heavy atom. The molecule has 9 heteroatoms. The van der Waals surface area contributed by atoms with Crippen molar-refractivity contribution in [2.75, 3.05) is 18.4 Å². The number of fused-ring (bicyclic) bond motifs is 1. The minimum absolute atomic E-state index is 0.0956. The molecule has 188 valence electrons. The van der Waals surface area contributed by atoms with E-state index < -0.39 is 11.7 Å². The molecule has 2 amide bonds. The number of piperidine rings is 1. The third-order valence-corrected chi connectivity index (χ3v) is 7.01. The first-order valence-corrected chi connectivity index (χ1v) is 12.5. The number of aryl methyl sites for hydroxylation is 1. The third kappa shape index (κ3) is 5.29. The van der Waals surface area contributed by atoms with E-state index >= 15 is 0 Å². The first-order chi connectivity index (χ1) is 17.5. The van der Waals surface area contributed by atoms with Crippen molar-refractivity contribution in [2.45, 2.75) is 51.5 Å². The fourth-order valence-corrected chi connectivity index (χ4v) is 5.00. The van der Waals surface area contributed by atoms with E-state index in [-0.39, 0.29) is 36.3 Å². The molecule has 2 aromatic carbocycles. The standard InChI is InChI=1S/C27H29F2N5O2/c28-21-10-7-18(8-11-21)15-25(35)33-13-4-5-20(17-33)27(36)30-23-16-19(9-12-22(23)29)26-32-31-24-6-2-1-3-14-34(24)26/h7-12,16,20H,1-6,13-15,17H2,(H,30,36). The van der Waals surface area contributed by atoms with Crippen LogP contribution in [0.25, 0.3) is 11.4 Å². The quantitative estimate of drug-likeness (QED) is 0.573. The van der Waals surface area contributed by atoms with Crippen LogP contribution in [0.3, 0.4) is 0 Å². The Kier molecular flexibility index (Phi) is 7.06. The Hall–Kier alpha value is -3.62. The Labute approximate surface area is 208 Å². The minimum Gasteiger partial charge on any atom is -0.342 e. The number of halogens is 2. The van der Waals surface area contributed by atoms with Crippen LogP contribution in [0.15, 0.2) is 42.5 Å². The molecule has 7 nitrogen and oxygen atoms in total. The zero-order chi connectivity index (χ0) is 25.1. The normalized spacial score (nSPS) is 17.8. The van der Waals surface area contributed by atoms with Crippen LogP contribution in [0.5, 0.6) is 0 Å². The number of likely N-dealkylation sites (tertiary alicyclic amines) is 1. The van der Waals surface area contributed by atoms with Crippen molar-refractivity contribution in [1.29, 1.82) is 0 Å². The van der Waals surface area contributed by atoms with Gasteiger partial charge in [-0.15, -0.1) is 10.2 Å². The summed E-state index contributed by atoms with van der Waals surface area (Å²) in [6, 6.07) is 10.4. The third-order valence-electron chi connectivity index (χ3n) is 7.01. The summed E-state index contributed by atoms with van der Waals surface area (Å²) < 4.78 is 29.9. The average Bonchev–Trinajstić information content (AvgIpc) is 3.14. The number of hydrogen-bond acceptors (Lipinski definition) is 4. The Morgan fingerprint density at radius 1 is 0.972 bits per heavy atom. The predicted octanol–water partition coefficient (Wildman–Crippen LogP) is 4.37. The second-order valence-electron chi connectivity index (χ2n) is 9.57. The van der Waals surface area contributed by atoms with Gasteiger partial charge in [-0.1, -0.05) is 18.6 Å². The second kappa shape index (κ2) is 10.6. The van der Waals surface area contributed by atoms with Crippen LogP contribution in [-0.4, -0.2) is 44.6 Å². The SMILES string of the molecule is O=C(Nc1cc(-c2nnc3n2CCCCC3)ccc1F)C1CCCN(C(=O)Cc2ccc(F)cc2)C1. The molecule has 3 aromatic rings. The van der Waals surface area contributed by atoms with Crippen molar-refractivity contribution in [3.8, 4) is 11.4 Å². The highest BCUT2D eigenvalue weighted by Crippen LogP contribution is 2.28. The van der Waals surface area contributed by atoms with E-state index in [1.807, 2.05) is 0 Å². The van der Waals surface area contributed by atoms with Crippen molar-refractivity contribution in [1.82, 2.24) is 19.7 Å². The van der Waals surface area contributed by atoms with Gasteiger partial charge in [0.25, 0.3) is 0 Å². The lowest BCUT2D eigenvalue weighted by atomic mass is 9.96.